The molecule has 1 aromatic carbocycles. The summed E-state index contributed by atoms with van der Waals surface area (Å²) in [4.78, 5) is 28.6. The molecule has 1 aliphatic carbocycles. The Morgan fingerprint density at radius 3 is 2.92 bits per heavy atom. The van der Waals surface area contributed by atoms with E-state index in [2.05, 4.69) is 16.4 Å². The quantitative estimate of drug-likeness (QED) is 0.852. The summed E-state index contributed by atoms with van der Waals surface area (Å²) < 4.78 is 0. The van der Waals surface area contributed by atoms with Crippen LogP contribution in [-0.2, 0) is 11.2 Å². The number of aromatic nitrogens is 1. The van der Waals surface area contributed by atoms with Crippen LogP contribution in [0.1, 0.15) is 40.0 Å². The van der Waals surface area contributed by atoms with Crippen molar-refractivity contribution < 1.29 is 9.59 Å². The lowest BCUT2D eigenvalue weighted by Crippen LogP contribution is -2.16. The minimum atomic E-state index is -0.154. The zero-order valence-corrected chi connectivity index (χ0v) is 14.7. The van der Waals surface area contributed by atoms with Crippen LogP contribution in [-0.4, -0.2) is 22.4 Å². The second kappa shape index (κ2) is 7.49. The van der Waals surface area contributed by atoms with Gasteiger partial charge in [0.25, 0.3) is 0 Å². The Hall–Kier alpha value is -2.65. The Morgan fingerprint density at radius 1 is 1.36 bits per heavy atom. The van der Waals surface area contributed by atoms with Gasteiger partial charge in [-0.25, -0.2) is 4.98 Å². The highest BCUT2D eigenvalue weighted by Gasteiger charge is 2.21. The molecule has 25 heavy (non-hydrogen) atoms. The number of nitriles is 1. The lowest BCUT2D eigenvalue weighted by molar-refractivity contribution is -0.113. The number of Topliss-reactive ketones (excluding diaryl/α,β-unsaturated/α-hetero) is 1. The number of pyridine rings is 1. The number of carbonyl (C=O) groups excluding carboxylic acids is 2. The molecule has 6 heteroatoms. The summed E-state index contributed by atoms with van der Waals surface area (Å²) in [5.74, 6) is 0.0424. The van der Waals surface area contributed by atoms with E-state index in [4.69, 9.17) is 0 Å². The number of para-hydroxylation sites is 1. The first kappa shape index (κ1) is 17.2. The minimum Gasteiger partial charge on any atom is -0.325 e. The lowest BCUT2D eigenvalue weighted by Gasteiger charge is -2.15. The van der Waals surface area contributed by atoms with Crippen molar-refractivity contribution in [3.8, 4) is 6.07 Å². The number of carbonyl (C=O) groups is 2. The van der Waals surface area contributed by atoms with E-state index in [9.17, 15) is 14.9 Å². The van der Waals surface area contributed by atoms with E-state index < -0.39 is 0 Å². The zero-order valence-electron chi connectivity index (χ0n) is 13.8. The second-order valence-corrected chi connectivity index (χ2v) is 6.84. The maximum absolute atomic E-state index is 12.2. The molecule has 1 heterocycles. The Bertz CT molecular complexity index is 887. The number of benzene rings is 1. The predicted molar refractivity (Wildman–Crippen MR) is 96.8 cm³/mol. The molecule has 1 N–H and O–H groups in total. The van der Waals surface area contributed by atoms with Gasteiger partial charge in [0, 0.05) is 17.7 Å². The Kier molecular flexibility index (Phi) is 5.15. The highest BCUT2D eigenvalue weighted by molar-refractivity contribution is 8.00. The standard InChI is InChI=1S/C19H17N3O2S/c1-12-5-2-3-6-15(12)21-18(24)11-25-19-13(10-20)9-14-16(22-19)7-4-8-17(14)23/h2-3,5-6,9H,4,7-8,11H2,1H3,(H,21,24). The number of hydrogen-bond donors (Lipinski definition) is 1. The summed E-state index contributed by atoms with van der Waals surface area (Å²) in [7, 11) is 0. The van der Waals surface area contributed by atoms with E-state index in [-0.39, 0.29) is 17.4 Å². The fraction of sp³-hybridized carbons (Fsp3) is 0.263. The molecule has 3 rings (SSSR count). The maximum Gasteiger partial charge on any atom is 0.234 e. The third-order valence-electron chi connectivity index (χ3n) is 4.06. The van der Waals surface area contributed by atoms with Gasteiger partial charge in [0.2, 0.25) is 5.91 Å². The Labute approximate surface area is 150 Å². The molecule has 1 aliphatic rings. The van der Waals surface area contributed by atoms with Crippen molar-refractivity contribution in [2.24, 2.45) is 0 Å². The third-order valence-corrected chi connectivity index (χ3v) is 5.06. The van der Waals surface area contributed by atoms with Crippen LogP contribution in [0.15, 0.2) is 35.4 Å². The molecule has 0 aliphatic heterocycles. The van der Waals surface area contributed by atoms with Gasteiger partial charge in [0.15, 0.2) is 5.78 Å². The smallest absolute Gasteiger partial charge is 0.234 e. The Balaban J connectivity index is 1.73. The predicted octanol–water partition coefficient (Wildman–Crippen LogP) is 3.51. The number of fused-ring (bicyclic) bond motifs is 1. The van der Waals surface area contributed by atoms with Crippen LogP contribution in [0.25, 0.3) is 0 Å². The van der Waals surface area contributed by atoms with Crippen LogP contribution < -0.4 is 5.32 Å². The summed E-state index contributed by atoms with van der Waals surface area (Å²) >= 11 is 1.22. The third kappa shape index (κ3) is 3.89. The highest BCUT2D eigenvalue weighted by atomic mass is 32.2. The van der Waals surface area contributed by atoms with E-state index in [1.165, 1.54) is 11.8 Å². The molecule has 126 valence electrons. The maximum atomic E-state index is 12.2. The van der Waals surface area contributed by atoms with Gasteiger partial charge in [0.1, 0.15) is 11.1 Å². The molecule has 1 amide bonds. The molecular weight excluding hydrogens is 334 g/mol. The summed E-state index contributed by atoms with van der Waals surface area (Å²) in [5.41, 5.74) is 3.40. The minimum absolute atomic E-state index is 0.0408. The summed E-state index contributed by atoms with van der Waals surface area (Å²) in [6.07, 6.45) is 2.02. The van der Waals surface area contributed by atoms with Crippen LogP contribution in [0.3, 0.4) is 0 Å². The number of nitrogens with one attached hydrogen (secondary N) is 1. The van der Waals surface area contributed by atoms with E-state index in [0.717, 1.165) is 29.8 Å². The van der Waals surface area contributed by atoms with Gasteiger partial charge in [-0.3, -0.25) is 9.59 Å². The van der Waals surface area contributed by atoms with E-state index in [1.54, 1.807) is 6.07 Å². The van der Waals surface area contributed by atoms with Gasteiger partial charge in [-0.05, 0) is 37.5 Å². The number of amides is 1. The molecule has 0 unspecified atom stereocenters. The van der Waals surface area contributed by atoms with Gasteiger partial charge in [-0.15, -0.1) is 0 Å². The molecule has 0 atom stereocenters. The summed E-state index contributed by atoms with van der Waals surface area (Å²) in [5, 5.41) is 12.7. The van der Waals surface area contributed by atoms with Crippen LogP contribution >= 0.6 is 11.8 Å². The SMILES string of the molecule is Cc1ccccc1NC(=O)CSc1nc2c(cc1C#N)C(=O)CCC2. The summed E-state index contributed by atoms with van der Waals surface area (Å²) in [6.45, 7) is 1.93. The molecule has 0 fully saturated rings. The average Bonchev–Trinajstić information content (AvgIpc) is 2.61. The largest absolute Gasteiger partial charge is 0.325 e. The van der Waals surface area contributed by atoms with Crippen LogP contribution in [0, 0.1) is 18.3 Å². The van der Waals surface area contributed by atoms with Crippen molar-refractivity contribution in [1.29, 1.82) is 5.26 Å². The molecular formula is C19H17N3O2S. The van der Waals surface area contributed by atoms with Crippen molar-refractivity contribution in [3.05, 3.63) is 52.7 Å². The average molecular weight is 351 g/mol. The van der Waals surface area contributed by atoms with Crippen molar-refractivity contribution in [1.82, 2.24) is 4.98 Å². The number of hydrogen-bond acceptors (Lipinski definition) is 5. The molecule has 0 bridgehead atoms. The van der Waals surface area contributed by atoms with Crippen molar-refractivity contribution in [2.45, 2.75) is 31.2 Å². The Morgan fingerprint density at radius 2 is 2.16 bits per heavy atom. The van der Waals surface area contributed by atoms with E-state index in [0.29, 0.717) is 22.6 Å². The van der Waals surface area contributed by atoms with Crippen LogP contribution in [0.2, 0.25) is 0 Å². The molecule has 0 radical (unpaired) electrons. The van der Waals surface area contributed by atoms with Crippen molar-refractivity contribution >= 4 is 29.1 Å². The number of thioether (sulfide) groups is 1. The molecule has 0 spiro atoms. The topological polar surface area (TPSA) is 82.8 Å². The normalized spacial score (nSPS) is 13.0. The van der Waals surface area contributed by atoms with E-state index >= 15 is 0 Å². The zero-order chi connectivity index (χ0) is 17.8. The first-order valence-electron chi connectivity index (χ1n) is 8.04. The van der Waals surface area contributed by atoms with Crippen LogP contribution in [0.4, 0.5) is 5.69 Å². The lowest BCUT2D eigenvalue weighted by atomic mass is 9.94. The fourth-order valence-corrected chi connectivity index (χ4v) is 3.51. The monoisotopic (exact) mass is 351 g/mol. The van der Waals surface area contributed by atoms with Gasteiger partial charge >= 0.3 is 0 Å². The molecule has 0 saturated heterocycles. The molecule has 5 nitrogen and oxygen atoms in total. The first-order chi connectivity index (χ1) is 12.1. The van der Waals surface area contributed by atoms with Crippen molar-refractivity contribution in [2.75, 3.05) is 11.1 Å². The van der Waals surface area contributed by atoms with Gasteiger partial charge in [-0.2, -0.15) is 5.26 Å². The molecule has 0 saturated carbocycles. The number of rotatable bonds is 4. The van der Waals surface area contributed by atoms with Crippen molar-refractivity contribution in [3.63, 3.8) is 0 Å². The highest BCUT2D eigenvalue weighted by Crippen LogP contribution is 2.27. The summed E-state index contributed by atoms with van der Waals surface area (Å²) in [6, 6.07) is 11.3. The fourth-order valence-electron chi connectivity index (χ4n) is 2.74. The van der Waals surface area contributed by atoms with Gasteiger partial charge in [0.05, 0.1) is 17.0 Å². The van der Waals surface area contributed by atoms with Crippen LogP contribution in [0.5, 0.6) is 0 Å². The molecule has 1 aromatic heterocycles. The first-order valence-corrected chi connectivity index (χ1v) is 9.02. The number of nitrogens with zero attached hydrogens (tertiary/aromatic N) is 2. The van der Waals surface area contributed by atoms with Gasteiger partial charge < -0.3 is 5.32 Å². The number of anilines is 1. The number of aryl methyl sites for hydroxylation is 2. The van der Waals surface area contributed by atoms with Gasteiger partial charge in [-0.1, -0.05) is 30.0 Å². The molecule has 2 aromatic rings. The number of ketones is 1. The van der Waals surface area contributed by atoms with E-state index in [1.807, 2.05) is 31.2 Å². The second-order valence-electron chi connectivity index (χ2n) is 5.88.